The molecular formula is C18H16ClN3O4. The van der Waals surface area contributed by atoms with Crippen LogP contribution in [-0.4, -0.2) is 29.1 Å². The fraction of sp³-hybridized carbons (Fsp3) is 0.222. The van der Waals surface area contributed by atoms with Crippen LogP contribution in [0.15, 0.2) is 42.6 Å². The van der Waals surface area contributed by atoms with Crippen LogP contribution < -0.4 is 10.1 Å². The number of nitrogens with one attached hydrogen (secondary N) is 1. The molecule has 0 aliphatic heterocycles. The van der Waals surface area contributed by atoms with Crippen molar-refractivity contribution in [3.63, 3.8) is 0 Å². The van der Waals surface area contributed by atoms with Gasteiger partial charge in [-0.3, -0.25) is 4.79 Å². The van der Waals surface area contributed by atoms with Gasteiger partial charge in [0.05, 0.1) is 16.7 Å². The molecule has 1 aromatic carbocycles. The molecule has 1 N–H and O–H groups in total. The van der Waals surface area contributed by atoms with E-state index in [1.807, 2.05) is 6.07 Å². The summed E-state index contributed by atoms with van der Waals surface area (Å²) in [5, 5.41) is 11.7. The molecule has 26 heavy (non-hydrogen) atoms. The third-order valence-electron chi connectivity index (χ3n) is 3.27. The number of pyridine rings is 1. The van der Waals surface area contributed by atoms with Crippen LogP contribution in [0.2, 0.25) is 5.02 Å². The van der Waals surface area contributed by atoms with E-state index in [1.165, 1.54) is 26.1 Å². The molecule has 0 radical (unpaired) electrons. The number of benzene rings is 1. The Labute approximate surface area is 155 Å². The van der Waals surface area contributed by atoms with Crippen molar-refractivity contribution in [1.29, 1.82) is 5.26 Å². The van der Waals surface area contributed by atoms with Gasteiger partial charge in [0.2, 0.25) is 0 Å². The van der Waals surface area contributed by atoms with E-state index in [4.69, 9.17) is 26.3 Å². The number of aromatic nitrogens is 1. The lowest BCUT2D eigenvalue weighted by atomic mass is 10.2. The molecule has 0 aliphatic carbocycles. The number of hydrogen-bond acceptors (Lipinski definition) is 6. The summed E-state index contributed by atoms with van der Waals surface area (Å²) in [6.45, 7) is 2.95. The average Bonchev–Trinajstić information content (AvgIpc) is 2.64. The number of esters is 1. The zero-order valence-electron chi connectivity index (χ0n) is 14.1. The number of amides is 1. The molecule has 2 aromatic rings. The summed E-state index contributed by atoms with van der Waals surface area (Å²) in [7, 11) is 0. The van der Waals surface area contributed by atoms with Crippen molar-refractivity contribution in [1.82, 2.24) is 4.98 Å². The van der Waals surface area contributed by atoms with E-state index in [-0.39, 0.29) is 0 Å². The Morgan fingerprint density at radius 2 is 1.85 bits per heavy atom. The molecule has 7 nitrogen and oxygen atoms in total. The molecule has 2 rings (SSSR count). The average molecular weight is 374 g/mol. The van der Waals surface area contributed by atoms with E-state index in [0.29, 0.717) is 22.2 Å². The lowest BCUT2D eigenvalue weighted by Crippen LogP contribution is -2.35. The molecule has 0 saturated carbocycles. The second kappa shape index (κ2) is 8.83. The van der Waals surface area contributed by atoms with Gasteiger partial charge in [-0.15, -0.1) is 0 Å². The first kappa shape index (κ1) is 19.2. The number of carbonyl (C=O) groups is 2. The molecule has 1 aromatic heterocycles. The minimum atomic E-state index is -1.04. The largest absolute Gasteiger partial charge is 0.479 e. The van der Waals surface area contributed by atoms with Gasteiger partial charge in [-0.1, -0.05) is 11.6 Å². The highest BCUT2D eigenvalue weighted by atomic mass is 35.5. The number of nitriles is 1. The van der Waals surface area contributed by atoms with Crippen LogP contribution in [0.25, 0.3) is 0 Å². The van der Waals surface area contributed by atoms with E-state index in [9.17, 15) is 9.59 Å². The molecule has 1 heterocycles. The predicted octanol–water partition coefficient (Wildman–Crippen LogP) is 2.94. The molecule has 1 amide bonds. The van der Waals surface area contributed by atoms with Gasteiger partial charge in [-0.2, -0.15) is 5.26 Å². The molecule has 0 unspecified atom stereocenters. The van der Waals surface area contributed by atoms with E-state index >= 15 is 0 Å². The SMILES string of the molecule is C[C@H](Oc1ccc(C#N)cc1)C(=O)O[C@H](C)C(=O)Nc1ccc(Cl)cn1. The molecule has 0 aliphatic rings. The number of halogens is 1. The topological polar surface area (TPSA) is 101 Å². The van der Waals surface area contributed by atoms with Crippen LogP contribution >= 0.6 is 11.6 Å². The van der Waals surface area contributed by atoms with Crippen LogP contribution in [-0.2, 0) is 14.3 Å². The zero-order chi connectivity index (χ0) is 19.1. The Kier molecular flexibility index (Phi) is 6.53. The maximum absolute atomic E-state index is 12.1. The normalized spacial score (nSPS) is 12.4. The van der Waals surface area contributed by atoms with Gasteiger partial charge in [0.25, 0.3) is 5.91 Å². The number of nitrogens with zero attached hydrogens (tertiary/aromatic N) is 2. The van der Waals surface area contributed by atoms with Gasteiger partial charge in [0.1, 0.15) is 11.6 Å². The number of rotatable bonds is 6. The van der Waals surface area contributed by atoms with E-state index in [1.54, 1.807) is 30.3 Å². The standard InChI is InChI=1S/C18H16ClN3O4/c1-11(17(23)22-16-8-5-14(19)10-21-16)26-18(24)12(2)25-15-6-3-13(9-20)4-7-15/h3-8,10-12H,1-2H3,(H,21,22,23)/t11-,12+/m1/s1. The van der Waals surface area contributed by atoms with Crippen molar-refractivity contribution < 1.29 is 19.1 Å². The minimum absolute atomic E-state index is 0.296. The first-order valence-electron chi connectivity index (χ1n) is 7.69. The van der Waals surface area contributed by atoms with E-state index < -0.39 is 24.1 Å². The van der Waals surface area contributed by atoms with Crippen LogP contribution in [0.3, 0.4) is 0 Å². The smallest absolute Gasteiger partial charge is 0.347 e. The number of carbonyl (C=O) groups excluding carboxylic acids is 2. The van der Waals surface area contributed by atoms with Crippen LogP contribution in [0.5, 0.6) is 5.75 Å². The molecule has 134 valence electrons. The van der Waals surface area contributed by atoms with Crippen LogP contribution in [0.4, 0.5) is 5.82 Å². The summed E-state index contributed by atoms with van der Waals surface area (Å²) in [5.74, 6) is -0.514. The number of anilines is 1. The van der Waals surface area contributed by atoms with Crippen molar-refractivity contribution in [2.45, 2.75) is 26.1 Å². The highest BCUT2D eigenvalue weighted by Gasteiger charge is 2.23. The quantitative estimate of drug-likeness (QED) is 0.781. The monoisotopic (exact) mass is 373 g/mol. The Morgan fingerprint density at radius 1 is 1.15 bits per heavy atom. The van der Waals surface area contributed by atoms with Crippen LogP contribution in [0.1, 0.15) is 19.4 Å². The Bertz CT molecular complexity index is 816. The van der Waals surface area contributed by atoms with Crippen molar-refractivity contribution in [3.8, 4) is 11.8 Å². The second-order valence-electron chi connectivity index (χ2n) is 5.33. The number of hydrogen-bond donors (Lipinski definition) is 1. The Hall–Kier alpha value is -3.11. The van der Waals surface area contributed by atoms with Gasteiger partial charge >= 0.3 is 5.97 Å². The number of ether oxygens (including phenoxy) is 2. The highest BCUT2D eigenvalue weighted by Crippen LogP contribution is 2.15. The second-order valence-corrected chi connectivity index (χ2v) is 5.76. The summed E-state index contributed by atoms with van der Waals surface area (Å²) in [6.07, 6.45) is -0.569. The molecule has 2 atom stereocenters. The predicted molar refractivity (Wildman–Crippen MR) is 94.7 cm³/mol. The molecule has 0 spiro atoms. The molecule has 0 fully saturated rings. The van der Waals surface area contributed by atoms with Crippen molar-refractivity contribution in [3.05, 3.63) is 53.2 Å². The van der Waals surface area contributed by atoms with Gasteiger partial charge in [0, 0.05) is 6.20 Å². The molecular weight excluding hydrogens is 358 g/mol. The third kappa shape index (κ3) is 5.46. The minimum Gasteiger partial charge on any atom is -0.479 e. The van der Waals surface area contributed by atoms with Gasteiger partial charge in [-0.25, -0.2) is 9.78 Å². The summed E-state index contributed by atoms with van der Waals surface area (Å²) in [6, 6.07) is 11.4. The Morgan fingerprint density at radius 3 is 2.42 bits per heavy atom. The fourth-order valence-corrected chi connectivity index (χ4v) is 1.97. The first-order chi connectivity index (χ1) is 12.4. The summed E-state index contributed by atoms with van der Waals surface area (Å²) in [5.41, 5.74) is 0.480. The van der Waals surface area contributed by atoms with Crippen molar-refractivity contribution in [2.75, 3.05) is 5.32 Å². The lowest BCUT2D eigenvalue weighted by molar-refractivity contribution is -0.159. The van der Waals surface area contributed by atoms with Crippen LogP contribution in [0, 0.1) is 11.3 Å². The first-order valence-corrected chi connectivity index (χ1v) is 8.06. The lowest BCUT2D eigenvalue weighted by Gasteiger charge is -2.17. The van der Waals surface area contributed by atoms with E-state index in [2.05, 4.69) is 10.3 Å². The third-order valence-corrected chi connectivity index (χ3v) is 3.49. The molecule has 0 bridgehead atoms. The van der Waals surface area contributed by atoms with Gasteiger partial charge in [0.15, 0.2) is 12.2 Å². The highest BCUT2D eigenvalue weighted by molar-refractivity contribution is 6.30. The fourth-order valence-electron chi connectivity index (χ4n) is 1.86. The maximum atomic E-state index is 12.1. The van der Waals surface area contributed by atoms with Gasteiger partial charge in [-0.05, 0) is 50.2 Å². The summed E-state index contributed by atoms with van der Waals surface area (Å²) in [4.78, 5) is 28.1. The van der Waals surface area contributed by atoms with Gasteiger partial charge < -0.3 is 14.8 Å². The van der Waals surface area contributed by atoms with Crippen molar-refractivity contribution >= 4 is 29.3 Å². The molecule has 8 heteroatoms. The van der Waals surface area contributed by atoms with Crippen molar-refractivity contribution in [2.24, 2.45) is 0 Å². The Balaban J connectivity index is 1.87. The summed E-state index contributed by atoms with van der Waals surface area (Å²) < 4.78 is 10.5. The zero-order valence-corrected chi connectivity index (χ0v) is 14.9. The molecule has 0 saturated heterocycles. The summed E-state index contributed by atoms with van der Waals surface area (Å²) >= 11 is 5.72. The van der Waals surface area contributed by atoms with E-state index in [0.717, 1.165) is 0 Å². The maximum Gasteiger partial charge on any atom is 0.347 e.